The van der Waals surface area contributed by atoms with Crippen molar-refractivity contribution in [3.8, 4) is 0 Å². The van der Waals surface area contributed by atoms with Gasteiger partial charge in [0, 0.05) is 6.54 Å². The lowest BCUT2D eigenvalue weighted by Crippen LogP contribution is -2.28. The minimum absolute atomic E-state index is 0.116. The molecule has 1 amide bonds. The minimum atomic E-state index is -0.482. The van der Waals surface area contributed by atoms with Crippen molar-refractivity contribution in [2.24, 2.45) is 5.41 Å². The first kappa shape index (κ1) is 8.76. The molecule has 0 aromatic rings. The molecule has 0 atom stereocenters. The monoisotopic (exact) mass is 149 g/mol. The van der Waals surface area contributed by atoms with E-state index in [0.717, 1.165) is 0 Å². The third kappa shape index (κ3) is 7.76. The van der Waals surface area contributed by atoms with Gasteiger partial charge in [0.1, 0.15) is 0 Å². The Kier molecular flexibility index (Phi) is 2.98. The topological polar surface area (TPSA) is 29.1 Å². The number of halogens is 1. The normalized spacial score (nSPS) is 11.1. The van der Waals surface area contributed by atoms with Gasteiger partial charge in [0.15, 0.2) is 0 Å². The summed E-state index contributed by atoms with van der Waals surface area (Å²) < 4.78 is 0. The summed E-state index contributed by atoms with van der Waals surface area (Å²) in [7, 11) is 0. The molecule has 0 heterocycles. The van der Waals surface area contributed by atoms with Crippen LogP contribution in [0.2, 0.25) is 0 Å². The van der Waals surface area contributed by atoms with Gasteiger partial charge in [-0.1, -0.05) is 20.8 Å². The Hall–Kier alpha value is -0.240. The van der Waals surface area contributed by atoms with Crippen molar-refractivity contribution in [1.29, 1.82) is 0 Å². The molecule has 0 unspecified atom stereocenters. The van der Waals surface area contributed by atoms with Gasteiger partial charge in [-0.2, -0.15) is 0 Å². The van der Waals surface area contributed by atoms with Crippen molar-refractivity contribution in [3.63, 3.8) is 0 Å². The molecule has 9 heavy (non-hydrogen) atoms. The van der Waals surface area contributed by atoms with Gasteiger partial charge in [-0.05, 0) is 17.0 Å². The molecule has 0 aromatic heterocycles. The molecule has 0 spiro atoms. The number of carbonyl (C=O) groups excluding carboxylic acids is 1. The van der Waals surface area contributed by atoms with E-state index in [2.05, 4.69) is 5.32 Å². The van der Waals surface area contributed by atoms with Crippen molar-refractivity contribution in [3.05, 3.63) is 0 Å². The van der Waals surface area contributed by atoms with Crippen molar-refractivity contribution >= 4 is 17.0 Å². The molecule has 0 aromatic carbocycles. The summed E-state index contributed by atoms with van der Waals surface area (Å²) in [6.45, 7) is 6.70. The molecule has 0 aliphatic carbocycles. The average molecular weight is 150 g/mol. The molecule has 0 aliphatic heterocycles. The molecule has 1 N–H and O–H groups in total. The zero-order valence-electron chi connectivity index (χ0n) is 5.99. The summed E-state index contributed by atoms with van der Waals surface area (Å²) in [5.74, 6) is 0. The third-order valence-corrected chi connectivity index (χ3v) is 0.891. The molecule has 0 saturated carbocycles. The first-order chi connectivity index (χ1) is 3.92. The van der Waals surface area contributed by atoms with E-state index in [1.165, 1.54) is 0 Å². The lowest BCUT2D eigenvalue weighted by Gasteiger charge is -2.16. The van der Waals surface area contributed by atoms with E-state index in [4.69, 9.17) is 11.6 Å². The maximum absolute atomic E-state index is 10.1. The highest BCUT2D eigenvalue weighted by Crippen LogP contribution is 2.10. The Morgan fingerprint density at radius 3 is 2.11 bits per heavy atom. The van der Waals surface area contributed by atoms with E-state index in [0.29, 0.717) is 6.54 Å². The van der Waals surface area contributed by atoms with Crippen LogP contribution in [0.25, 0.3) is 0 Å². The van der Waals surface area contributed by atoms with E-state index >= 15 is 0 Å². The largest absolute Gasteiger partial charge is 0.342 e. The summed E-state index contributed by atoms with van der Waals surface area (Å²) in [5, 5.41) is 2.03. The van der Waals surface area contributed by atoms with Crippen LogP contribution in [0.15, 0.2) is 0 Å². The Morgan fingerprint density at radius 2 is 2.00 bits per heavy atom. The smallest absolute Gasteiger partial charge is 0.313 e. The van der Waals surface area contributed by atoms with Gasteiger partial charge >= 0.3 is 5.37 Å². The molecule has 0 bridgehead atoms. The van der Waals surface area contributed by atoms with Crippen molar-refractivity contribution in [1.82, 2.24) is 5.32 Å². The van der Waals surface area contributed by atoms with Gasteiger partial charge in [0.2, 0.25) is 0 Å². The van der Waals surface area contributed by atoms with E-state index < -0.39 is 5.37 Å². The van der Waals surface area contributed by atoms with E-state index in [-0.39, 0.29) is 5.41 Å². The Labute approximate surface area is 60.6 Å². The molecule has 0 rings (SSSR count). The molecule has 0 aliphatic rings. The Bertz CT molecular complexity index is 106. The van der Waals surface area contributed by atoms with Crippen LogP contribution in [0.5, 0.6) is 0 Å². The SMILES string of the molecule is CC(C)(C)CNC(=O)Cl. The predicted octanol–water partition coefficient (Wildman–Crippen LogP) is 1.98. The van der Waals surface area contributed by atoms with E-state index in [1.54, 1.807) is 0 Å². The minimum Gasteiger partial charge on any atom is -0.342 e. The van der Waals surface area contributed by atoms with Crippen molar-refractivity contribution in [2.75, 3.05) is 6.54 Å². The first-order valence-corrected chi connectivity index (χ1v) is 3.23. The van der Waals surface area contributed by atoms with Gasteiger partial charge in [0.25, 0.3) is 0 Å². The highest BCUT2D eigenvalue weighted by molar-refractivity contribution is 6.62. The van der Waals surface area contributed by atoms with Crippen LogP contribution < -0.4 is 5.32 Å². The van der Waals surface area contributed by atoms with Crippen LogP contribution in [-0.4, -0.2) is 11.9 Å². The maximum Gasteiger partial charge on any atom is 0.313 e. The molecule has 3 heteroatoms. The highest BCUT2D eigenvalue weighted by atomic mass is 35.5. The second kappa shape index (κ2) is 3.06. The predicted molar refractivity (Wildman–Crippen MR) is 38.7 cm³/mol. The zero-order valence-corrected chi connectivity index (χ0v) is 6.75. The number of hydrogen-bond donors (Lipinski definition) is 1. The summed E-state index contributed by atoms with van der Waals surface area (Å²) in [6.07, 6.45) is 0. The van der Waals surface area contributed by atoms with Gasteiger partial charge in [0.05, 0.1) is 0 Å². The molecule has 0 saturated heterocycles. The second-order valence-corrected chi connectivity index (χ2v) is 3.53. The fraction of sp³-hybridized carbons (Fsp3) is 0.833. The molecular weight excluding hydrogens is 138 g/mol. The molecular formula is C6H12ClNO. The lowest BCUT2D eigenvalue weighted by atomic mass is 9.97. The number of hydrogen-bond acceptors (Lipinski definition) is 1. The summed E-state index contributed by atoms with van der Waals surface area (Å²) in [6, 6.07) is 0. The fourth-order valence-electron chi connectivity index (χ4n) is 0.335. The van der Waals surface area contributed by atoms with Gasteiger partial charge in [-0.25, -0.2) is 0 Å². The van der Waals surface area contributed by atoms with Crippen LogP contribution in [0.1, 0.15) is 20.8 Å². The van der Waals surface area contributed by atoms with Crippen molar-refractivity contribution in [2.45, 2.75) is 20.8 Å². The Morgan fingerprint density at radius 1 is 1.56 bits per heavy atom. The van der Waals surface area contributed by atoms with E-state index in [9.17, 15) is 4.79 Å². The summed E-state index contributed by atoms with van der Waals surface area (Å²) >= 11 is 5.03. The third-order valence-electron chi connectivity index (χ3n) is 0.758. The van der Waals surface area contributed by atoms with Crippen LogP contribution >= 0.6 is 11.6 Å². The fourth-order valence-corrected chi connectivity index (χ4v) is 0.401. The maximum atomic E-state index is 10.1. The second-order valence-electron chi connectivity index (χ2n) is 3.19. The van der Waals surface area contributed by atoms with Gasteiger partial charge in [-0.3, -0.25) is 4.79 Å². The van der Waals surface area contributed by atoms with Crippen LogP contribution in [0, 0.1) is 5.41 Å². The van der Waals surface area contributed by atoms with Gasteiger partial charge in [-0.15, -0.1) is 0 Å². The van der Waals surface area contributed by atoms with Crippen LogP contribution in [0.4, 0.5) is 4.79 Å². The number of rotatable bonds is 1. The van der Waals surface area contributed by atoms with Crippen molar-refractivity contribution < 1.29 is 4.79 Å². The summed E-state index contributed by atoms with van der Waals surface area (Å²) in [5.41, 5.74) is 0.116. The number of carbonyl (C=O) groups is 1. The van der Waals surface area contributed by atoms with Crippen LogP contribution in [0.3, 0.4) is 0 Å². The summed E-state index contributed by atoms with van der Waals surface area (Å²) in [4.78, 5) is 10.1. The molecule has 0 radical (unpaired) electrons. The zero-order chi connectivity index (χ0) is 7.49. The molecule has 0 fully saturated rings. The Balaban J connectivity index is 3.39. The quantitative estimate of drug-likeness (QED) is 0.448. The lowest BCUT2D eigenvalue weighted by molar-refractivity contribution is 0.254. The van der Waals surface area contributed by atoms with Gasteiger partial charge < -0.3 is 5.32 Å². The molecule has 2 nitrogen and oxygen atoms in total. The van der Waals surface area contributed by atoms with Crippen LogP contribution in [-0.2, 0) is 0 Å². The average Bonchev–Trinajstić information content (AvgIpc) is 1.59. The first-order valence-electron chi connectivity index (χ1n) is 2.85. The molecule has 54 valence electrons. The standard InChI is InChI=1S/C6H12ClNO/c1-6(2,3)4-8-5(7)9/h4H2,1-3H3,(H,8,9). The highest BCUT2D eigenvalue weighted by Gasteiger charge is 2.09. The number of amides is 1. The van der Waals surface area contributed by atoms with E-state index in [1.807, 2.05) is 20.8 Å². The number of nitrogens with one attached hydrogen (secondary N) is 1.